The predicted molar refractivity (Wildman–Crippen MR) is 121 cm³/mol. The molecular formula is C20H40N6O3S. The Balaban J connectivity index is 1.70. The zero-order valence-corrected chi connectivity index (χ0v) is 19.4. The maximum absolute atomic E-state index is 12.1. The van der Waals surface area contributed by atoms with Crippen LogP contribution >= 0.6 is 0 Å². The van der Waals surface area contributed by atoms with Crippen molar-refractivity contribution >= 4 is 21.9 Å². The van der Waals surface area contributed by atoms with Gasteiger partial charge in [0.1, 0.15) is 0 Å². The fourth-order valence-corrected chi connectivity index (χ4v) is 4.53. The van der Waals surface area contributed by atoms with E-state index in [1.54, 1.807) is 0 Å². The summed E-state index contributed by atoms with van der Waals surface area (Å²) in [5.74, 6) is 1.25. The van der Waals surface area contributed by atoms with Gasteiger partial charge in [0, 0.05) is 38.8 Å². The summed E-state index contributed by atoms with van der Waals surface area (Å²) in [6.07, 6.45) is 6.25. The second-order valence-corrected chi connectivity index (χ2v) is 10.2. The summed E-state index contributed by atoms with van der Waals surface area (Å²) in [6.45, 7) is 8.43. The van der Waals surface area contributed by atoms with Crippen molar-refractivity contribution in [2.45, 2.75) is 58.4 Å². The van der Waals surface area contributed by atoms with Crippen LogP contribution in [-0.2, 0) is 14.8 Å². The molecule has 0 aromatic rings. The van der Waals surface area contributed by atoms with E-state index in [0.717, 1.165) is 58.3 Å². The molecule has 4 N–H and O–H groups in total. The Kier molecular flexibility index (Phi) is 10.9. The van der Waals surface area contributed by atoms with Crippen LogP contribution in [0.15, 0.2) is 4.99 Å². The summed E-state index contributed by atoms with van der Waals surface area (Å²) in [6, 6.07) is 0.270. The third kappa shape index (κ3) is 9.61. The van der Waals surface area contributed by atoms with Gasteiger partial charge < -0.3 is 16.0 Å². The number of piperidine rings is 1. The van der Waals surface area contributed by atoms with Crippen molar-refractivity contribution in [3.8, 4) is 0 Å². The van der Waals surface area contributed by atoms with Gasteiger partial charge >= 0.3 is 0 Å². The van der Waals surface area contributed by atoms with E-state index in [2.05, 4.69) is 30.6 Å². The van der Waals surface area contributed by atoms with Gasteiger partial charge in [-0.3, -0.25) is 14.7 Å². The number of amides is 1. The average molecular weight is 445 g/mol. The van der Waals surface area contributed by atoms with Crippen LogP contribution in [0.2, 0.25) is 0 Å². The van der Waals surface area contributed by atoms with E-state index in [1.165, 1.54) is 6.42 Å². The van der Waals surface area contributed by atoms with Crippen LogP contribution in [0.1, 0.15) is 52.4 Å². The van der Waals surface area contributed by atoms with E-state index in [-0.39, 0.29) is 24.2 Å². The van der Waals surface area contributed by atoms with Gasteiger partial charge in [-0.1, -0.05) is 13.3 Å². The Morgan fingerprint density at radius 1 is 1.10 bits per heavy atom. The zero-order valence-electron chi connectivity index (χ0n) is 18.6. The van der Waals surface area contributed by atoms with Crippen LogP contribution in [0, 0.1) is 5.92 Å². The van der Waals surface area contributed by atoms with Crippen LogP contribution in [0.25, 0.3) is 0 Å². The maximum Gasteiger partial charge on any atom is 0.234 e. The quantitative estimate of drug-likeness (QED) is 0.253. The van der Waals surface area contributed by atoms with Gasteiger partial charge in [-0.25, -0.2) is 13.1 Å². The average Bonchev–Trinajstić information content (AvgIpc) is 2.66. The smallest absolute Gasteiger partial charge is 0.234 e. The van der Waals surface area contributed by atoms with Crippen molar-refractivity contribution < 1.29 is 13.2 Å². The lowest BCUT2D eigenvalue weighted by Crippen LogP contribution is -2.50. The molecule has 0 spiro atoms. The van der Waals surface area contributed by atoms with Gasteiger partial charge in [0.2, 0.25) is 15.9 Å². The Labute approximate surface area is 181 Å². The molecule has 0 radical (unpaired) electrons. The van der Waals surface area contributed by atoms with Crippen LogP contribution in [0.3, 0.4) is 0 Å². The Morgan fingerprint density at radius 3 is 2.43 bits per heavy atom. The van der Waals surface area contributed by atoms with E-state index in [4.69, 9.17) is 0 Å². The molecule has 0 aromatic carbocycles. The van der Waals surface area contributed by atoms with Crippen molar-refractivity contribution in [3.05, 3.63) is 0 Å². The molecule has 30 heavy (non-hydrogen) atoms. The number of aliphatic imine (C=N–C) groups is 1. The summed E-state index contributed by atoms with van der Waals surface area (Å²) >= 11 is 0. The maximum atomic E-state index is 12.1. The first kappa shape index (κ1) is 24.9. The van der Waals surface area contributed by atoms with Crippen LogP contribution < -0.4 is 20.7 Å². The summed E-state index contributed by atoms with van der Waals surface area (Å²) in [5, 5.41) is 9.53. The number of hydrogen-bond acceptors (Lipinski definition) is 5. The SMILES string of the molecule is CCCNC(=O)CN1CCC(NC(=NCCS(=O)(=O)NCC2CCC2)NCC)CC1. The van der Waals surface area contributed by atoms with E-state index in [0.29, 0.717) is 25.0 Å². The molecule has 2 aliphatic rings. The van der Waals surface area contributed by atoms with Crippen LogP contribution in [-0.4, -0.2) is 82.8 Å². The standard InChI is InChI=1S/C20H40N6O3S/c1-3-10-22-19(27)16-26-12-8-18(9-13-26)25-20(21-4-2)23-11-14-30(28,29)24-15-17-6-5-7-17/h17-18,24H,3-16H2,1-2H3,(H,22,27)(H2,21,23,25). The second-order valence-electron chi connectivity index (χ2n) is 8.27. The molecule has 0 bridgehead atoms. The lowest BCUT2D eigenvalue weighted by Gasteiger charge is -2.32. The van der Waals surface area contributed by atoms with E-state index in [1.807, 2.05) is 13.8 Å². The first-order valence-electron chi connectivity index (χ1n) is 11.4. The summed E-state index contributed by atoms with van der Waals surface area (Å²) in [5.41, 5.74) is 0. The number of sulfonamides is 1. The lowest BCUT2D eigenvalue weighted by atomic mass is 9.86. The van der Waals surface area contributed by atoms with Crippen molar-refractivity contribution in [1.82, 2.24) is 25.6 Å². The third-order valence-corrected chi connectivity index (χ3v) is 6.99. The van der Waals surface area contributed by atoms with Gasteiger partial charge in [0.25, 0.3) is 0 Å². The predicted octanol–water partition coefficient (Wildman–Crippen LogP) is 0.252. The lowest BCUT2D eigenvalue weighted by molar-refractivity contribution is -0.122. The van der Waals surface area contributed by atoms with Crippen molar-refractivity contribution in [2.75, 3.05) is 51.6 Å². The summed E-state index contributed by atoms with van der Waals surface area (Å²) in [7, 11) is -3.28. The normalized spacial score (nSPS) is 19.3. The minimum Gasteiger partial charge on any atom is -0.357 e. The van der Waals surface area contributed by atoms with Crippen LogP contribution in [0.5, 0.6) is 0 Å². The molecule has 9 nitrogen and oxygen atoms in total. The molecule has 1 saturated carbocycles. The monoisotopic (exact) mass is 444 g/mol. The first-order chi connectivity index (χ1) is 14.4. The molecule has 10 heteroatoms. The Morgan fingerprint density at radius 2 is 1.83 bits per heavy atom. The largest absolute Gasteiger partial charge is 0.357 e. The van der Waals surface area contributed by atoms with Gasteiger partial charge in [-0.05, 0) is 44.9 Å². The minimum absolute atomic E-state index is 0.00160. The van der Waals surface area contributed by atoms with E-state index >= 15 is 0 Å². The number of rotatable bonds is 12. The molecule has 1 saturated heterocycles. The Hall–Kier alpha value is -1.39. The molecule has 174 valence electrons. The third-order valence-electron chi connectivity index (χ3n) is 5.66. The van der Waals surface area contributed by atoms with Gasteiger partial charge in [0.15, 0.2) is 5.96 Å². The topological polar surface area (TPSA) is 115 Å². The molecule has 1 heterocycles. The molecule has 1 aliphatic carbocycles. The molecule has 0 unspecified atom stereocenters. The van der Waals surface area contributed by atoms with Gasteiger partial charge in [0.05, 0.1) is 18.8 Å². The fourth-order valence-electron chi connectivity index (χ4n) is 3.56. The van der Waals surface area contributed by atoms with Crippen molar-refractivity contribution in [3.63, 3.8) is 0 Å². The zero-order chi connectivity index (χ0) is 21.8. The molecule has 1 aliphatic heterocycles. The number of hydrogen-bond donors (Lipinski definition) is 4. The first-order valence-corrected chi connectivity index (χ1v) is 13.1. The van der Waals surface area contributed by atoms with Crippen molar-refractivity contribution in [2.24, 2.45) is 10.9 Å². The molecule has 2 fully saturated rings. The number of carbonyl (C=O) groups is 1. The highest BCUT2D eigenvalue weighted by Crippen LogP contribution is 2.25. The van der Waals surface area contributed by atoms with Gasteiger partial charge in [-0.15, -0.1) is 0 Å². The summed E-state index contributed by atoms with van der Waals surface area (Å²) < 4.78 is 27.0. The van der Waals surface area contributed by atoms with Crippen LogP contribution in [0.4, 0.5) is 0 Å². The van der Waals surface area contributed by atoms with E-state index in [9.17, 15) is 13.2 Å². The van der Waals surface area contributed by atoms with Gasteiger partial charge in [-0.2, -0.15) is 0 Å². The fraction of sp³-hybridized carbons (Fsp3) is 0.900. The number of nitrogens with zero attached hydrogens (tertiary/aromatic N) is 2. The summed E-state index contributed by atoms with van der Waals surface area (Å²) in [4.78, 5) is 18.5. The molecular weight excluding hydrogens is 404 g/mol. The number of guanidine groups is 1. The minimum atomic E-state index is -3.28. The highest BCUT2D eigenvalue weighted by molar-refractivity contribution is 7.89. The highest BCUT2D eigenvalue weighted by Gasteiger charge is 2.22. The second kappa shape index (κ2) is 13.1. The number of nitrogens with one attached hydrogen (secondary N) is 4. The van der Waals surface area contributed by atoms with E-state index < -0.39 is 10.0 Å². The molecule has 0 aromatic heterocycles. The highest BCUT2D eigenvalue weighted by atomic mass is 32.2. The molecule has 2 rings (SSSR count). The number of likely N-dealkylation sites (tertiary alicyclic amines) is 1. The Bertz CT molecular complexity index is 643. The molecule has 0 atom stereocenters. The van der Waals surface area contributed by atoms with Crippen molar-refractivity contribution in [1.29, 1.82) is 0 Å². The molecule has 1 amide bonds. The number of carbonyl (C=O) groups excluding carboxylic acids is 1.